The third kappa shape index (κ3) is 2.13. The van der Waals surface area contributed by atoms with Crippen molar-refractivity contribution in [2.75, 3.05) is 26.3 Å². The van der Waals surface area contributed by atoms with Crippen molar-refractivity contribution in [3.63, 3.8) is 0 Å². The van der Waals surface area contributed by atoms with E-state index in [-0.39, 0.29) is 19.0 Å². The van der Waals surface area contributed by atoms with Gasteiger partial charge in [-0.15, -0.1) is 0 Å². The molecule has 102 valence electrons. The van der Waals surface area contributed by atoms with Gasteiger partial charge in [0.2, 0.25) is 0 Å². The number of amides is 1. The van der Waals surface area contributed by atoms with E-state index >= 15 is 0 Å². The van der Waals surface area contributed by atoms with Crippen LogP contribution in [0.1, 0.15) is 10.4 Å². The molecular formula is C13H15NO5. The lowest BCUT2D eigenvalue weighted by molar-refractivity contribution is 0.0572. The molecule has 0 aliphatic carbocycles. The number of nitrogens with zero attached hydrogens (tertiary/aromatic N) is 1. The van der Waals surface area contributed by atoms with E-state index in [1.807, 2.05) is 0 Å². The van der Waals surface area contributed by atoms with Crippen LogP contribution in [0, 0.1) is 0 Å². The fourth-order valence-electron chi connectivity index (χ4n) is 2.35. The summed E-state index contributed by atoms with van der Waals surface area (Å²) in [5.74, 6) is 0.727. The van der Waals surface area contributed by atoms with Crippen LogP contribution in [0.2, 0.25) is 0 Å². The van der Waals surface area contributed by atoms with E-state index < -0.39 is 12.2 Å². The normalized spacial score (nSPS) is 25.5. The molecule has 2 aliphatic rings. The zero-order valence-corrected chi connectivity index (χ0v) is 10.3. The Kier molecular flexibility index (Phi) is 3.04. The van der Waals surface area contributed by atoms with Crippen molar-refractivity contribution >= 4 is 5.91 Å². The number of carbonyl (C=O) groups excluding carboxylic acids is 1. The second-order valence-electron chi connectivity index (χ2n) is 4.67. The van der Waals surface area contributed by atoms with Crippen molar-refractivity contribution in [3.8, 4) is 11.5 Å². The SMILES string of the molecule is O=C(c1cccc2c1OCCO2)N1CC(O)C(O)C1. The molecule has 2 unspecified atom stereocenters. The second kappa shape index (κ2) is 4.71. The number of aliphatic hydroxyl groups is 2. The van der Waals surface area contributed by atoms with Crippen LogP contribution in [0.5, 0.6) is 11.5 Å². The molecule has 2 atom stereocenters. The summed E-state index contributed by atoms with van der Waals surface area (Å²) in [7, 11) is 0. The van der Waals surface area contributed by atoms with E-state index in [0.29, 0.717) is 30.3 Å². The highest BCUT2D eigenvalue weighted by Gasteiger charge is 2.34. The average Bonchev–Trinajstić information content (AvgIpc) is 2.77. The fourth-order valence-corrected chi connectivity index (χ4v) is 2.35. The number of rotatable bonds is 1. The van der Waals surface area contributed by atoms with Crippen molar-refractivity contribution in [2.45, 2.75) is 12.2 Å². The Morgan fingerprint density at radius 3 is 2.58 bits per heavy atom. The van der Waals surface area contributed by atoms with Crippen LogP contribution in [-0.2, 0) is 0 Å². The van der Waals surface area contributed by atoms with Gasteiger partial charge in [-0.25, -0.2) is 0 Å². The molecule has 0 radical (unpaired) electrons. The van der Waals surface area contributed by atoms with E-state index in [1.165, 1.54) is 4.90 Å². The van der Waals surface area contributed by atoms with Gasteiger partial charge in [-0.2, -0.15) is 0 Å². The average molecular weight is 265 g/mol. The van der Waals surface area contributed by atoms with Gasteiger partial charge in [0, 0.05) is 13.1 Å². The summed E-state index contributed by atoms with van der Waals surface area (Å²) >= 11 is 0. The molecule has 2 N–H and O–H groups in total. The van der Waals surface area contributed by atoms with Crippen LogP contribution in [0.4, 0.5) is 0 Å². The van der Waals surface area contributed by atoms with Gasteiger partial charge in [-0.1, -0.05) is 6.07 Å². The Hall–Kier alpha value is -1.79. The highest BCUT2D eigenvalue weighted by molar-refractivity contribution is 5.98. The first kappa shape index (κ1) is 12.3. The highest BCUT2D eigenvalue weighted by Crippen LogP contribution is 2.34. The van der Waals surface area contributed by atoms with Crippen LogP contribution in [-0.4, -0.2) is 59.5 Å². The van der Waals surface area contributed by atoms with Crippen molar-refractivity contribution < 1.29 is 24.5 Å². The van der Waals surface area contributed by atoms with E-state index in [0.717, 1.165) is 0 Å². The number of hydrogen-bond donors (Lipinski definition) is 2. The minimum absolute atomic E-state index is 0.129. The summed E-state index contributed by atoms with van der Waals surface area (Å²) in [4.78, 5) is 13.8. The lowest BCUT2D eigenvalue weighted by atomic mass is 10.1. The second-order valence-corrected chi connectivity index (χ2v) is 4.67. The predicted molar refractivity (Wildman–Crippen MR) is 65.3 cm³/mol. The van der Waals surface area contributed by atoms with Crippen LogP contribution in [0.3, 0.4) is 0 Å². The number of likely N-dealkylation sites (tertiary alicyclic amines) is 1. The van der Waals surface area contributed by atoms with Gasteiger partial charge < -0.3 is 24.6 Å². The molecule has 6 nitrogen and oxygen atoms in total. The molecule has 0 saturated carbocycles. The first-order chi connectivity index (χ1) is 9.16. The summed E-state index contributed by atoms with van der Waals surface area (Å²) in [6.07, 6.45) is -1.78. The van der Waals surface area contributed by atoms with Gasteiger partial charge in [0.25, 0.3) is 5.91 Å². The molecule has 1 saturated heterocycles. The van der Waals surface area contributed by atoms with Crippen LogP contribution >= 0.6 is 0 Å². The standard InChI is InChI=1S/C13H15NO5/c15-9-6-14(7-10(9)16)13(17)8-2-1-3-11-12(8)19-5-4-18-11/h1-3,9-10,15-16H,4-7H2. The zero-order chi connectivity index (χ0) is 13.4. The number of β-amino-alcohol motifs (C(OH)–C–C–N with tert-alkyl or cyclic N) is 2. The van der Waals surface area contributed by atoms with Crippen molar-refractivity contribution in [3.05, 3.63) is 23.8 Å². The number of para-hydroxylation sites is 1. The number of benzene rings is 1. The van der Waals surface area contributed by atoms with Gasteiger partial charge in [0.1, 0.15) is 13.2 Å². The molecule has 0 spiro atoms. The molecular weight excluding hydrogens is 250 g/mol. The maximum atomic E-state index is 12.4. The van der Waals surface area contributed by atoms with Gasteiger partial charge >= 0.3 is 0 Å². The first-order valence-corrected chi connectivity index (χ1v) is 6.21. The first-order valence-electron chi connectivity index (χ1n) is 6.21. The van der Waals surface area contributed by atoms with Gasteiger partial charge in [0.05, 0.1) is 17.8 Å². The molecule has 6 heteroatoms. The summed E-state index contributed by atoms with van der Waals surface area (Å²) in [5, 5.41) is 19.0. The number of hydrogen-bond acceptors (Lipinski definition) is 5. The largest absolute Gasteiger partial charge is 0.486 e. The number of fused-ring (bicyclic) bond motifs is 1. The van der Waals surface area contributed by atoms with Crippen molar-refractivity contribution in [1.82, 2.24) is 4.90 Å². The molecule has 1 aromatic rings. The molecule has 1 fully saturated rings. The molecule has 0 bridgehead atoms. The summed E-state index contributed by atoms with van der Waals surface area (Å²) in [6.45, 7) is 1.13. The Morgan fingerprint density at radius 2 is 1.84 bits per heavy atom. The lowest BCUT2D eigenvalue weighted by Crippen LogP contribution is -2.31. The maximum absolute atomic E-state index is 12.4. The monoisotopic (exact) mass is 265 g/mol. The van der Waals surface area contributed by atoms with Crippen LogP contribution < -0.4 is 9.47 Å². The van der Waals surface area contributed by atoms with E-state index in [4.69, 9.17) is 9.47 Å². The Balaban J connectivity index is 1.88. The molecule has 0 aromatic heterocycles. The Morgan fingerprint density at radius 1 is 1.16 bits per heavy atom. The molecule has 1 amide bonds. The summed E-state index contributed by atoms with van der Waals surface area (Å²) in [5.41, 5.74) is 0.401. The third-order valence-electron chi connectivity index (χ3n) is 3.34. The van der Waals surface area contributed by atoms with Crippen LogP contribution in [0.15, 0.2) is 18.2 Å². The smallest absolute Gasteiger partial charge is 0.257 e. The van der Waals surface area contributed by atoms with E-state index in [1.54, 1.807) is 18.2 Å². The third-order valence-corrected chi connectivity index (χ3v) is 3.34. The zero-order valence-electron chi connectivity index (χ0n) is 10.3. The van der Waals surface area contributed by atoms with Gasteiger partial charge in [-0.3, -0.25) is 4.79 Å². The van der Waals surface area contributed by atoms with Crippen molar-refractivity contribution in [2.24, 2.45) is 0 Å². The van der Waals surface area contributed by atoms with Crippen LogP contribution in [0.25, 0.3) is 0 Å². The maximum Gasteiger partial charge on any atom is 0.257 e. The Labute approximate surface area is 110 Å². The molecule has 1 aromatic carbocycles. The molecule has 19 heavy (non-hydrogen) atoms. The topological polar surface area (TPSA) is 79.2 Å². The number of carbonyl (C=O) groups is 1. The molecule has 2 aliphatic heterocycles. The quantitative estimate of drug-likeness (QED) is 0.724. The predicted octanol–water partition coefficient (Wildman–Crippen LogP) is -0.365. The van der Waals surface area contributed by atoms with Gasteiger partial charge in [-0.05, 0) is 12.1 Å². The fraction of sp³-hybridized carbons (Fsp3) is 0.462. The summed E-state index contributed by atoms with van der Waals surface area (Å²) < 4.78 is 10.9. The minimum atomic E-state index is -0.888. The number of ether oxygens (including phenoxy) is 2. The lowest BCUT2D eigenvalue weighted by Gasteiger charge is -2.22. The minimum Gasteiger partial charge on any atom is -0.486 e. The van der Waals surface area contributed by atoms with Gasteiger partial charge in [0.15, 0.2) is 11.5 Å². The highest BCUT2D eigenvalue weighted by atomic mass is 16.6. The van der Waals surface area contributed by atoms with Crippen molar-refractivity contribution in [1.29, 1.82) is 0 Å². The molecule has 3 rings (SSSR count). The summed E-state index contributed by atoms with van der Waals surface area (Å²) in [6, 6.07) is 5.13. The molecule has 2 heterocycles. The van der Waals surface area contributed by atoms with E-state index in [9.17, 15) is 15.0 Å². The number of aliphatic hydroxyl groups excluding tert-OH is 2. The van der Waals surface area contributed by atoms with E-state index in [2.05, 4.69) is 0 Å². The Bertz CT molecular complexity index is 494.